The summed E-state index contributed by atoms with van der Waals surface area (Å²) >= 11 is 0. The van der Waals surface area contributed by atoms with Crippen molar-refractivity contribution < 1.29 is 22.7 Å². The molecule has 1 N–H and O–H groups in total. The fraction of sp³-hybridized carbons (Fsp3) is 0.556. The minimum atomic E-state index is -4.41. The summed E-state index contributed by atoms with van der Waals surface area (Å²) in [6.45, 7) is 1.37. The third kappa shape index (κ3) is 7.78. The lowest BCUT2D eigenvalue weighted by molar-refractivity contribution is -0.157. The summed E-state index contributed by atoms with van der Waals surface area (Å²) in [5.41, 5.74) is 1.09. The number of anilines is 1. The number of carbonyl (C=O) groups excluding carboxylic acids is 1. The highest BCUT2D eigenvalue weighted by Crippen LogP contribution is 2.20. The van der Waals surface area contributed by atoms with Gasteiger partial charge in [0.1, 0.15) is 12.3 Å². The lowest BCUT2D eigenvalue weighted by Crippen LogP contribution is -2.54. The van der Waals surface area contributed by atoms with Crippen LogP contribution < -0.4 is 15.0 Å². The Kier molecular flexibility index (Phi) is 9.80. The van der Waals surface area contributed by atoms with E-state index in [1.54, 1.807) is 14.2 Å². The zero-order valence-corrected chi connectivity index (χ0v) is 19.0. The van der Waals surface area contributed by atoms with Crippen molar-refractivity contribution in [1.82, 2.24) is 15.1 Å². The smallest absolute Gasteiger partial charge is 0.406 e. The van der Waals surface area contributed by atoms with Gasteiger partial charge >= 0.3 is 6.18 Å². The van der Waals surface area contributed by atoms with Crippen molar-refractivity contribution in [3.05, 3.63) is 24.3 Å². The minimum Gasteiger partial charge on any atom is -0.497 e. The Balaban J connectivity index is 0.00000420. The van der Waals surface area contributed by atoms with E-state index in [1.165, 1.54) is 0 Å². The van der Waals surface area contributed by atoms with Crippen molar-refractivity contribution in [3.8, 4) is 5.75 Å². The van der Waals surface area contributed by atoms with Gasteiger partial charge in [-0.2, -0.15) is 13.2 Å². The van der Waals surface area contributed by atoms with E-state index in [4.69, 9.17) is 4.74 Å². The van der Waals surface area contributed by atoms with Gasteiger partial charge in [-0.15, -0.1) is 24.0 Å². The van der Waals surface area contributed by atoms with Crippen LogP contribution in [0.25, 0.3) is 0 Å². The number of carbonyl (C=O) groups is 1. The maximum absolute atomic E-state index is 12.4. The molecule has 1 fully saturated rings. The average Bonchev–Trinajstić information content (AvgIpc) is 2.67. The second kappa shape index (κ2) is 11.3. The third-order valence-electron chi connectivity index (χ3n) is 4.47. The predicted molar refractivity (Wildman–Crippen MR) is 117 cm³/mol. The summed E-state index contributed by atoms with van der Waals surface area (Å²) in [4.78, 5) is 20.9. The summed E-state index contributed by atoms with van der Waals surface area (Å²) in [6.07, 6.45) is -4.41. The van der Waals surface area contributed by atoms with Crippen LogP contribution in [0.5, 0.6) is 5.75 Å². The van der Waals surface area contributed by atoms with E-state index in [0.717, 1.165) is 31.6 Å². The number of piperazine rings is 1. The average molecular weight is 529 g/mol. The Morgan fingerprint density at radius 1 is 1.21 bits per heavy atom. The van der Waals surface area contributed by atoms with Crippen LogP contribution in [0.4, 0.5) is 18.9 Å². The number of ether oxygens (including phenoxy) is 1. The molecule has 1 amide bonds. The van der Waals surface area contributed by atoms with Crippen molar-refractivity contribution in [2.75, 3.05) is 65.4 Å². The molecular formula is C18H27F3IN5O2. The summed E-state index contributed by atoms with van der Waals surface area (Å²) in [7, 11) is 4.34. The molecule has 0 spiro atoms. The largest absolute Gasteiger partial charge is 0.497 e. The molecule has 1 aliphatic rings. The van der Waals surface area contributed by atoms with E-state index in [1.807, 2.05) is 29.2 Å². The van der Waals surface area contributed by atoms with Gasteiger partial charge in [0.15, 0.2) is 5.96 Å². The Bertz CT molecular complexity index is 677. The molecule has 7 nitrogen and oxygen atoms in total. The molecule has 1 aromatic rings. The van der Waals surface area contributed by atoms with E-state index >= 15 is 0 Å². The highest BCUT2D eigenvalue weighted by Gasteiger charge is 2.31. The Morgan fingerprint density at radius 3 is 2.28 bits per heavy atom. The van der Waals surface area contributed by atoms with Crippen LogP contribution in [-0.4, -0.2) is 88.3 Å². The van der Waals surface area contributed by atoms with Gasteiger partial charge in [0.05, 0.1) is 13.7 Å². The van der Waals surface area contributed by atoms with Gasteiger partial charge in [0, 0.05) is 46.0 Å². The number of hydrogen-bond donors (Lipinski definition) is 1. The summed E-state index contributed by atoms with van der Waals surface area (Å²) in [5.74, 6) is 0.658. The fourth-order valence-electron chi connectivity index (χ4n) is 2.95. The third-order valence-corrected chi connectivity index (χ3v) is 4.47. The maximum atomic E-state index is 12.4. The number of aliphatic imine (C=N–C) groups is 1. The number of halogens is 4. The van der Waals surface area contributed by atoms with Crippen molar-refractivity contribution in [2.24, 2.45) is 4.99 Å². The first-order valence-electron chi connectivity index (χ1n) is 8.89. The first-order valence-corrected chi connectivity index (χ1v) is 8.89. The quantitative estimate of drug-likeness (QED) is 0.360. The molecule has 0 saturated carbocycles. The monoisotopic (exact) mass is 529 g/mol. The van der Waals surface area contributed by atoms with Crippen molar-refractivity contribution in [3.63, 3.8) is 0 Å². The van der Waals surface area contributed by atoms with E-state index in [2.05, 4.69) is 15.2 Å². The molecule has 1 heterocycles. The molecular weight excluding hydrogens is 502 g/mol. The summed E-state index contributed by atoms with van der Waals surface area (Å²) < 4.78 is 42.3. The minimum absolute atomic E-state index is 0. The molecule has 1 saturated heterocycles. The molecule has 0 aliphatic carbocycles. The fourth-order valence-corrected chi connectivity index (χ4v) is 2.95. The second-order valence-corrected chi connectivity index (χ2v) is 6.44. The molecule has 0 unspecified atom stereocenters. The number of nitrogens with zero attached hydrogens (tertiary/aromatic N) is 4. The van der Waals surface area contributed by atoms with Crippen molar-refractivity contribution >= 4 is 41.5 Å². The number of guanidine groups is 1. The van der Waals surface area contributed by atoms with Gasteiger partial charge in [-0.25, -0.2) is 0 Å². The van der Waals surface area contributed by atoms with Crippen LogP contribution in [0.1, 0.15) is 0 Å². The van der Waals surface area contributed by atoms with Crippen LogP contribution in [0.2, 0.25) is 0 Å². The molecule has 1 aliphatic heterocycles. The van der Waals surface area contributed by atoms with Gasteiger partial charge in [-0.1, -0.05) is 0 Å². The van der Waals surface area contributed by atoms with E-state index < -0.39 is 18.6 Å². The first kappa shape index (κ1) is 25.1. The second-order valence-electron chi connectivity index (χ2n) is 6.44. The number of benzene rings is 1. The van der Waals surface area contributed by atoms with Gasteiger partial charge in [-0.05, 0) is 24.3 Å². The SMILES string of the molecule is CN=C(NCC(=O)N(C)CC(F)(F)F)N1CCN(c2ccc(OC)cc2)CC1.I. The number of hydrogen-bond acceptors (Lipinski definition) is 4. The molecule has 0 radical (unpaired) electrons. The standard InChI is InChI=1S/C18H26F3N5O2.HI/c1-22-17(23-12-16(27)24(2)13-18(19,20)21)26-10-8-25(9-11-26)14-4-6-15(28-3)7-5-14;/h4-7H,8-13H2,1-3H3,(H,22,23);1H. The van der Waals surface area contributed by atoms with Crippen LogP contribution in [0.3, 0.4) is 0 Å². The lowest BCUT2D eigenvalue weighted by Gasteiger charge is -2.37. The number of nitrogens with one attached hydrogen (secondary N) is 1. The van der Waals surface area contributed by atoms with E-state index in [-0.39, 0.29) is 30.5 Å². The molecule has 2 rings (SSSR count). The van der Waals surface area contributed by atoms with Gasteiger partial charge in [0.2, 0.25) is 5.91 Å². The zero-order chi connectivity index (χ0) is 20.7. The van der Waals surface area contributed by atoms with E-state index in [9.17, 15) is 18.0 Å². The predicted octanol–water partition coefficient (Wildman–Crippen LogP) is 2.03. The first-order chi connectivity index (χ1) is 13.2. The molecule has 0 atom stereocenters. The zero-order valence-electron chi connectivity index (χ0n) is 16.7. The highest BCUT2D eigenvalue weighted by molar-refractivity contribution is 14.0. The van der Waals surface area contributed by atoms with Crippen molar-refractivity contribution in [2.45, 2.75) is 6.18 Å². The molecule has 0 aromatic heterocycles. The topological polar surface area (TPSA) is 60.4 Å². The summed E-state index contributed by atoms with van der Waals surface area (Å²) in [5, 5.41) is 2.86. The van der Waals surface area contributed by atoms with Gasteiger partial charge in [-0.3, -0.25) is 9.79 Å². The molecule has 29 heavy (non-hydrogen) atoms. The summed E-state index contributed by atoms with van der Waals surface area (Å²) in [6, 6.07) is 7.81. The number of rotatable bonds is 5. The van der Waals surface area contributed by atoms with Crippen LogP contribution in [0, 0.1) is 0 Å². The number of amides is 1. The lowest BCUT2D eigenvalue weighted by atomic mass is 10.2. The number of likely N-dealkylation sites (N-methyl/N-ethyl adjacent to an activating group) is 1. The number of alkyl halides is 3. The molecule has 1 aromatic carbocycles. The highest BCUT2D eigenvalue weighted by atomic mass is 127. The Morgan fingerprint density at radius 2 is 1.79 bits per heavy atom. The normalized spacial score (nSPS) is 14.9. The maximum Gasteiger partial charge on any atom is 0.406 e. The van der Waals surface area contributed by atoms with Gasteiger partial charge in [0.25, 0.3) is 0 Å². The van der Waals surface area contributed by atoms with Gasteiger partial charge < -0.3 is 24.8 Å². The van der Waals surface area contributed by atoms with Crippen LogP contribution in [-0.2, 0) is 4.79 Å². The van der Waals surface area contributed by atoms with Crippen LogP contribution >= 0.6 is 24.0 Å². The Labute approximate surface area is 185 Å². The van der Waals surface area contributed by atoms with Crippen molar-refractivity contribution in [1.29, 1.82) is 0 Å². The van der Waals surface area contributed by atoms with E-state index in [0.29, 0.717) is 23.9 Å². The van der Waals surface area contributed by atoms with Crippen LogP contribution in [0.15, 0.2) is 29.3 Å². The number of methoxy groups -OCH3 is 1. The Hall–Kier alpha value is -1.92. The molecule has 11 heteroatoms. The molecule has 164 valence electrons. The molecule has 0 bridgehead atoms.